The third-order valence-corrected chi connectivity index (χ3v) is 4.91. The van der Waals surface area contributed by atoms with E-state index >= 15 is 0 Å². The van der Waals surface area contributed by atoms with Gasteiger partial charge in [-0.3, -0.25) is 9.78 Å². The molecule has 2 aromatic rings. The van der Waals surface area contributed by atoms with E-state index in [1.807, 2.05) is 31.0 Å². The van der Waals surface area contributed by atoms with Crippen LogP contribution in [0.25, 0.3) is 0 Å². The van der Waals surface area contributed by atoms with Crippen LogP contribution in [-0.2, 0) is 4.79 Å². The number of pyridine rings is 1. The van der Waals surface area contributed by atoms with Crippen molar-refractivity contribution < 1.29 is 4.79 Å². The molecule has 118 valence electrons. The molecule has 5 nitrogen and oxygen atoms in total. The van der Waals surface area contributed by atoms with Crippen molar-refractivity contribution >= 4 is 23.0 Å². The number of hydrogen-bond acceptors (Lipinski definition) is 4. The lowest BCUT2D eigenvalue weighted by Gasteiger charge is -2.22. The average molecular weight is 308 g/mol. The number of nitrogens with one attached hydrogen (secondary N) is 1. The molecule has 5 heteroatoms. The fraction of sp³-hybridized carbons (Fsp3) is 0.333. The van der Waals surface area contributed by atoms with Crippen molar-refractivity contribution in [3.05, 3.63) is 47.8 Å². The number of benzene rings is 1. The van der Waals surface area contributed by atoms with E-state index in [0.717, 1.165) is 28.2 Å². The van der Waals surface area contributed by atoms with Crippen LogP contribution in [-0.4, -0.2) is 24.5 Å². The number of amides is 1. The summed E-state index contributed by atoms with van der Waals surface area (Å²) in [5, 5.41) is 3.55. The van der Waals surface area contributed by atoms with Crippen molar-refractivity contribution in [1.29, 1.82) is 0 Å². The highest BCUT2D eigenvalue weighted by atomic mass is 16.2. The summed E-state index contributed by atoms with van der Waals surface area (Å²) in [7, 11) is 2.07. The van der Waals surface area contributed by atoms with E-state index in [-0.39, 0.29) is 18.0 Å². The third kappa shape index (κ3) is 1.92. The van der Waals surface area contributed by atoms with Crippen LogP contribution in [0.1, 0.15) is 37.1 Å². The smallest absolute Gasteiger partial charge is 0.234 e. The van der Waals surface area contributed by atoms with Gasteiger partial charge in [-0.15, -0.1) is 0 Å². The first-order valence-electron chi connectivity index (χ1n) is 8.00. The van der Waals surface area contributed by atoms with Crippen molar-refractivity contribution in [2.24, 2.45) is 0 Å². The number of anilines is 3. The molecule has 23 heavy (non-hydrogen) atoms. The van der Waals surface area contributed by atoms with Crippen LogP contribution >= 0.6 is 0 Å². The SMILES string of the molecule is CCN1C(=O)C(C)c2cc3c(cc21)N(C)C(c1cccnc1)N3. The van der Waals surface area contributed by atoms with Crippen molar-refractivity contribution in [3.63, 3.8) is 0 Å². The molecule has 0 saturated heterocycles. The number of carbonyl (C=O) groups is 1. The summed E-state index contributed by atoms with van der Waals surface area (Å²) in [5.41, 5.74) is 5.49. The summed E-state index contributed by atoms with van der Waals surface area (Å²) in [6, 6.07) is 8.30. The van der Waals surface area contributed by atoms with Crippen LogP contribution in [0, 0.1) is 0 Å². The molecule has 2 aliphatic heterocycles. The van der Waals surface area contributed by atoms with Gasteiger partial charge in [0.25, 0.3) is 0 Å². The van der Waals surface area contributed by atoms with Crippen LogP contribution in [0.3, 0.4) is 0 Å². The molecular formula is C18H20N4O. The summed E-state index contributed by atoms with van der Waals surface area (Å²) in [6.07, 6.45) is 3.74. The third-order valence-electron chi connectivity index (χ3n) is 4.91. The number of carbonyl (C=O) groups excluding carboxylic acids is 1. The second-order valence-corrected chi connectivity index (χ2v) is 6.18. The first-order chi connectivity index (χ1) is 11.1. The van der Waals surface area contributed by atoms with Gasteiger partial charge in [-0.1, -0.05) is 6.07 Å². The Labute approximate surface area is 135 Å². The van der Waals surface area contributed by atoms with Gasteiger partial charge < -0.3 is 15.1 Å². The minimum Gasteiger partial charge on any atom is -0.360 e. The molecule has 3 heterocycles. The maximum atomic E-state index is 12.4. The standard InChI is InChI=1S/C18H20N4O/c1-4-22-15-9-16-14(8-13(15)11(2)18(22)23)20-17(21(16)3)12-6-5-7-19-10-12/h5-11,17,20H,4H2,1-3H3. The molecule has 0 fully saturated rings. The summed E-state index contributed by atoms with van der Waals surface area (Å²) < 4.78 is 0. The summed E-state index contributed by atoms with van der Waals surface area (Å²) in [5.74, 6) is 0.123. The Morgan fingerprint density at radius 3 is 2.83 bits per heavy atom. The highest BCUT2D eigenvalue weighted by Gasteiger charge is 2.37. The van der Waals surface area contributed by atoms with E-state index in [1.165, 1.54) is 0 Å². The minimum absolute atomic E-state index is 0.0696. The number of likely N-dealkylation sites (N-methyl/N-ethyl adjacent to an activating group) is 1. The molecule has 2 unspecified atom stereocenters. The zero-order chi connectivity index (χ0) is 16.1. The maximum Gasteiger partial charge on any atom is 0.234 e. The number of rotatable bonds is 2. The maximum absolute atomic E-state index is 12.4. The van der Waals surface area contributed by atoms with Crippen LogP contribution < -0.4 is 15.1 Å². The molecule has 4 rings (SSSR count). The molecule has 1 aromatic heterocycles. The second kappa shape index (κ2) is 4.98. The topological polar surface area (TPSA) is 48.5 Å². The van der Waals surface area contributed by atoms with Gasteiger partial charge in [-0.05, 0) is 37.6 Å². The first-order valence-corrected chi connectivity index (χ1v) is 8.00. The van der Waals surface area contributed by atoms with Gasteiger partial charge in [0.2, 0.25) is 5.91 Å². The van der Waals surface area contributed by atoms with Gasteiger partial charge in [0.15, 0.2) is 0 Å². The number of hydrogen-bond donors (Lipinski definition) is 1. The van der Waals surface area contributed by atoms with E-state index < -0.39 is 0 Å². The van der Waals surface area contributed by atoms with E-state index in [0.29, 0.717) is 6.54 Å². The largest absolute Gasteiger partial charge is 0.360 e. The Hall–Kier alpha value is -2.56. The molecule has 0 spiro atoms. The Morgan fingerprint density at radius 1 is 1.30 bits per heavy atom. The monoisotopic (exact) mass is 308 g/mol. The minimum atomic E-state index is -0.0696. The molecular weight excluding hydrogens is 288 g/mol. The van der Waals surface area contributed by atoms with Crippen LogP contribution in [0.4, 0.5) is 17.1 Å². The lowest BCUT2D eigenvalue weighted by molar-refractivity contribution is -0.118. The Kier molecular flexibility index (Phi) is 3.04. The molecule has 1 N–H and O–H groups in total. The normalized spacial score (nSPS) is 22.1. The van der Waals surface area contributed by atoms with Gasteiger partial charge in [0.05, 0.1) is 17.3 Å². The van der Waals surface area contributed by atoms with Crippen LogP contribution in [0.2, 0.25) is 0 Å². The van der Waals surface area contributed by atoms with E-state index in [1.54, 1.807) is 6.20 Å². The lowest BCUT2D eigenvalue weighted by atomic mass is 10.0. The van der Waals surface area contributed by atoms with Crippen molar-refractivity contribution in [2.75, 3.05) is 28.7 Å². The van der Waals surface area contributed by atoms with Crippen LogP contribution in [0.15, 0.2) is 36.7 Å². The Morgan fingerprint density at radius 2 is 2.13 bits per heavy atom. The first kappa shape index (κ1) is 14.1. The highest BCUT2D eigenvalue weighted by Crippen LogP contribution is 2.47. The Balaban J connectivity index is 1.77. The molecule has 0 saturated carbocycles. The van der Waals surface area contributed by atoms with Gasteiger partial charge >= 0.3 is 0 Å². The van der Waals surface area contributed by atoms with E-state index in [2.05, 4.69) is 40.4 Å². The quantitative estimate of drug-likeness (QED) is 0.926. The van der Waals surface area contributed by atoms with Crippen molar-refractivity contribution in [2.45, 2.75) is 25.9 Å². The molecule has 1 aromatic carbocycles. The fourth-order valence-corrected chi connectivity index (χ4v) is 3.62. The van der Waals surface area contributed by atoms with Crippen LogP contribution in [0.5, 0.6) is 0 Å². The van der Waals surface area contributed by atoms with Gasteiger partial charge in [-0.2, -0.15) is 0 Å². The molecule has 0 radical (unpaired) electrons. The fourth-order valence-electron chi connectivity index (χ4n) is 3.62. The number of nitrogens with zero attached hydrogens (tertiary/aromatic N) is 3. The number of fused-ring (bicyclic) bond motifs is 2. The predicted molar refractivity (Wildman–Crippen MR) is 91.9 cm³/mol. The average Bonchev–Trinajstić information content (AvgIpc) is 3.02. The molecule has 2 aliphatic rings. The molecule has 1 amide bonds. The molecule has 0 bridgehead atoms. The summed E-state index contributed by atoms with van der Waals surface area (Å²) in [6.45, 7) is 4.71. The van der Waals surface area contributed by atoms with Crippen molar-refractivity contribution in [3.8, 4) is 0 Å². The van der Waals surface area contributed by atoms with Gasteiger partial charge in [0, 0.05) is 37.2 Å². The number of aromatic nitrogens is 1. The van der Waals surface area contributed by atoms with Gasteiger partial charge in [-0.25, -0.2) is 0 Å². The van der Waals surface area contributed by atoms with Gasteiger partial charge in [0.1, 0.15) is 6.17 Å². The van der Waals surface area contributed by atoms with E-state index in [9.17, 15) is 4.79 Å². The lowest BCUT2D eigenvalue weighted by Crippen LogP contribution is -2.27. The predicted octanol–water partition coefficient (Wildman–Crippen LogP) is 3.11. The Bertz CT molecular complexity index is 774. The zero-order valence-corrected chi connectivity index (χ0v) is 13.6. The summed E-state index contributed by atoms with van der Waals surface area (Å²) >= 11 is 0. The summed E-state index contributed by atoms with van der Waals surface area (Å²) in [4.78, 5) is 20.7. The molecule has 2 atom stereocenters. The van der Waals surface area contributed by atoms with Crippen molar-refractivity contribution in [1.82, 2.24) is 4.98 Å². The zero-order valence-electron chi connectivity index (χ0n) is 13.6. The second-order valence-electron chi connectivity index (χ2n) is 6.18. The molecule has 0 aliphatic carbocycles. The van der Waals surface area contributed by atoms with E-state index in [4.69, 9.17) is 0 Å². The highest BCUT2D eigenvalue weighted by molar-refractivity contribution is 6.06.